The molecule has 108 valence electrons. The van der Waals surface area contributed by atoms with Gasteiger partial charge in [-0.2, -0.15) is 0 Å². The van der Waals surface area contributed by atoms with E-state index in [0.717, 1.165) is 48.1 Å². The van der Waals surface area contributed by atoms with E-state index in [0.29, 0.717) is 0 Å². The van der Waals surface area contributed by atoms with Gasteiger partial charge in [-0.25, -0.2) is 4.39 Å². The molecule has 0 amide bonds. The molecular weight excluding hydrogens is 251 g/mol. The average Bonchev–Trinajstić information content (AvgIpc) is 2.35. The maximum absolute atomic E-state index is 13.6. The number of rotatable bonds is 2. The molecule has 4 aliphatic rings. The first-order valence-electron chi connectivity index (χ1n) is 7.99. The lowest BCUT2D eigenvalue weighted by molar-refractivity contribution is -0.122. The quantitative estimate of drug-likeness (QED) is 0.848. The normalized spacial score (nSPS) is 40.0. The molecule has 0 heterocycles. The topological polar surface area (TPSA) is 20.2 Å². The second kappa shape index (κ2) is 4.30. The minimum atomic E-state index is -0.481. The highest BCUT2D eigenvalue weighted by Crippen LogP contribution is 2.64. The summed E-state index contributed by atoms with van der Waals surface area (Å²) in [5.74, 6) is 2.21. The monoisotopic (exact) mass is 274 g/mol. The van der Waals surface area contributed by atoms with Gasteiger partial charge >= 0.3 is 0 Å². The SMILES string of the molecule is Cc1cc(F)cc(C(O)C23CC4CC(CC(C4)C2)C3)c1. The second-order valence-electron chi connectivity index (χ2n) is 7.74. The van der Waals surface area contributed by atoms with E-state index >= 15 is 0 Å². The number of aryl methyl sites for hydroxylation is 1. The fourth-order valence-corrected chi connectivity index (χ4v) is 5.79. The van der Waals surface area contributed by atoms with Crippen molar-refractivity contribution in [3.63, 3.8) is 0 Å². The van der Waals surface area contributed by atoms with Crippen molar-refractivity contribution >= 4 is 0 Å². The van der Waals surface area contributed by atoms with E-state index in [9.17, 15) is 9.50 Å². The molecule has 0 aromatic heterocycles. The van der Waals surface area contributed by atoms with Crippen LogP contribution in [0.3, 0.4) is 0 Å². The van der Waals surface area contributed by atoms with Gasteiger partial charge in [-0.3, -0.25) is 0 Å². The molecule has 1 unspecified atom stereocenters. The van der Waals surface area contributed by atoms with Crippen LogP contribution in [-0.4, -0.2) is 5.11 Å². The Morgan fingerprint density at radius 3 is 2.10 bits per heavy atom. The van der Waals surface area contributed by atoms with Crippen molar-refractivity contribution in [3.8, 4) is 0 Å². The fourth-order valence-electron chi connectivity index (χ4n) is 5.79. The van der Waals surface area contributed by atoms with E-state index in [1.165, 1.54) is 31.4 Å². The number of hydrogen-bond donors (Lipinski definition) is 1. The van der Waals surface area contributed by atoms with Crippen molar-refractivity contribution in [3.05, 3.63) is 35.1 Å². The van der Waals surface area contributed by atoms with Crippen molar-refractivity contribution in [2.45, 2.75) is 51.6 Å². The zero-order valence-corrected chi connectivity index (χ0v) is 12.1. The van der Waals surface area contributed by atoms with Crippen LogP contribution in [0.5, 0.6) is 0 Å². The molecule has 1 aromatic rings. The molecule has 1 nitrogen and oxygen atoms in total. The summed E-state index contributed by atoms with van der Waals surface area (Å²) in [7, 11) is 0. The predicted octanol–water partition coefficient (Wildman–Crippen LogP) is 4.38. The summed E-state index contributed by atoms with van der Waals surface area (Å²) in [6.45, 7) is 1.90. The molecular formula is C18H23FO. The van der Waals surface area contributed by atoms with E-state index in [1.54, 1.807) is 0 Å². The summed E-state index contributed by atoms with van der Waals surface area (Å²) >= 11 is 0. The molecule has 4 fully saturated rings. The summed E-state index contributed by atoms with van der Waals surface area (Å²) in [5, 5.41) is 11.0. The van der Waals surface area contributed by atoms with Gasteiger partial charge in [0, 0.05) is 5.41 Å². The third-order valence-electron chi connectivity index (χ3n) is 6.05. The smallest absolute Gasteiger partial charge is 0.123 e. The molecule has 20 heavy (non-hydrogen) atoms. The lowest BCUT2D eigenvalue weighted by Gasteiger charge is -2.58. The van der Waals surface area contributed by atoms with Crippen molar-refractivity contribution in [2.75, 3.05) is 0 Å². The van der Waals surface area contributed by atoms with Crippen molar-refractivity contribution < 1.29 is 9.50 Å². The Balaban J connectivity index is 1.69. The van der Waals surface area contributed by atoms with Crippen LogP contribution in [0.15, 0.2) is 18.2 Å². The molecule has 4 saturated carbocycles. The molecule has 4 aliphatic carbocycles. The summed E-state index contributed by atoms with van der Waals surface area (Å²) in [6.07, 6.45) is 7.07. The molecule has 2 heteroatoms. The molecule has 0 saturated heterocycles. The lowest BCUT2D eigenvalue weighted by Crippen LogP contribution is -2.48. The van der Waals surface area contributed by atoms with Crippen molar-refractivity contribution in [1.29, 1.82) is 0 Å². The van der Waals surface area contributed by atoms with E-state index in [2.05, 4.69) is 0 Å². The molecule has 0 radical (unpaired) electrons. The van der Waals surface area contributed by atoms with Gasteiger partial charge in [0.25, 0.3) is 0 Å². The number of aliphatic hydroxyl groups excluding tert-OH is 1. The minimum absolute atomic E-state index is 0.0367. The van der Waals surface area contributed by atoms with E-state index in [4.69, 9.17) is 0 Å². The van der Waals surface area contributed by atoms with E-state index in [1.807, 2.05) is 13.0 Å². The van der Waals surface area contributed by atoms with Crippen molar-refractivity contribution in [2.24, 2.45) is 23.2 Å². The fraction of sp³-hybridized carbons (Fsp3) is 0.667. The van der Waals surface area contributed by atoms with Crippen LogP contribution >= 0.6 is 0 Å². The molecule has 0 aliphatic heterocycles. The number of hydrogen-bond acceptors (Lipinski definition) is 1. The molecule has 1 N–H and O–H groups in total. The van der Waals surface area contributed by atoms with Crippen LogP contribution in [0.1, 0.15) is 55.8 Å². The van der Waals surface area contributed by atoms with Gasteiger partial charge in [0.05, 0.1) is 6.10 Å². The van der Waals surface area contributed by atoms with Gasteiger partial charge in [-0.15, -0.1) is 0 Å². The van der Waals surface area contributed by atoms with Gasteiger partial charge in [0.15, 0.2) is 0 Å². The Morgan fingerprint density at radius 2 is 1.60 bits per heavy atom. The average molecular weight is 274 g/mol. The Kier molecular flexibility index (Phi) is 2.76. The van der Waals surface area contributed by atoms with Crippen LogP contribution < -0.4 is 0 Å². The largest absolute Gasteiger partial charge is 0.388 e. The third kappa shape index (κ3) is 1.92. The highest BCUT2D eigenvalue weighted by Gasteiger charge is 2.54. The zero-order valence-electron chi connectivity index (χ0n) is 12.1. The third-order valence-corrected chi connectivity index (χ3v) is 6.05. The van der Waals surface area contributed by atoms with Crippen LogP contribution in [0.2, 0.25) is 0 Å². The predicted molar refractivity (Wildman–Crippen MR) is 76.7 cm³/mol. The lowest BCUT2D eigenvalue weighted by atomic mass is 9.47. The standard InChI is InChI=1S/C18H23FO/c1-11-2-15(7-16(19)3-11)17(20)18-8-12-4-13(9-18)6-14(5-12)10-18/h2-3,7,12-14,17,20H,4-6,8-10H2,1H3. The van der Waals surface area contributed by atoms with Gasteiger partial charge in [0.1, 0.15) is 5.82 Å². The molecule has 1 atom stereocenters. The van der Waals surface area contributed by atoms with Gasteiger partial charge in [-0.1, -0.05) is 6.07 Å². The Hall–Kier alpha value is -0.890. The second-order valence-corrected chi connectivity index (χ2v) is 7.74. The Bertz CT molecular complexity index is 481. The summed E-state index contributed by atoms with van der Waals surface area (Å²) in [5.41, 5.74) is 1.74. The summed E-state index contributed by atoms with van der Waals surface area (Å²) in [6, 6.07) is 5.04. The molecule has 5 rings (SSSR count). The molecule has 0 spiro atoms. The van der Waals surface area contributed by atoms with Gasteiger partial charge < -0.3 is 5.11 Å². The van der Waals surface area contributed by atoms with Gasteiger partial charge in [-0.05, 0) is 86.5 Å². The van der Waals surface area contributed by atoms with Crippen LogP contribution in [0.4, 0.5) is 4.39 Å². The van der Waals surface area contributed by atoms with Crippen LogP contribution in [0, 0.1) is 35.9 Å². The number of halogens is 1. The van der Waals surface area contributed by atoms with Crippen LogP contribution in [-0.2, 0) is 0 Å². The Labute approximate surface area is 120 Å². The highest BCUT2D eigenvalue weighted by molar-refractivity contribution is 5.27. The van der Waals surface area contributed by atoms with Gasteiger partial charge in [0.2, 0.25) is 0 Å². The first kappa shape index (κ1) is 12.8. The van der Waals surface area contributed by atoms with E-state index < -0.39 is 6.10 Å². The first-order valence-corrected chi connectivity index (χ1v) is 7.99. The van der Waals surface area contributed by atoms with E-state index in [-0.39, 0.29) is 11.2 Å². The number of benzene rings is 1. The maximum atomic E-state index is 13.6. The highest BCUT2D eigenvalue weighted by atomic mass is 19.1. The Morgan fingerprint density at radius 1 is 1.05 bits per heavy atom. The number of aliphatic hydroxyl groups is 1. The summed E-state index contributed by atoms with van der Waals surface area (Å²) in [4.78, 5) is 0. The van der Waals surface area contributed by atoms with Crippen molar-refractivity contribution in [1.82, 2.24) is 0 Å². The molecule has 4 bridgehead atoms. The maximum Gasteiger partial charge on any atom is 0.123 e. The summed E-state index contributed by atoms with van der Waals surface area (Å²) < 4.78 is 13.6. The zero-order chi connectivity index (χ0) is 13.9. The molecule has 1 aromatic carbocycles. The van der Waals surface area contributed by atoms with Crippen LogP contribution in [0.25, 0.3) is 0 Å². The first-order chi connectivity index (χ1) is 9.54. The minimum Gasteiger partial charge on any atom is -0.388 e.